The fourth-order valence-corrected chi connectivity index (χ4v) is 3.15. The van der Waals surface area contributed by atoms with E-state index in [0.717, 1.165) is 45.3 Å². The quantitative estimate of drug-likeness (QED) is 0.734. The minimum Gasteiger partial charge on any atom is -0.331 e. The van der Waals surface area contributed by atoms with Gasteiger partial charge in [0.2, 0.25) is 11.8 Å². The van der Waals surface area contributed by atoms with Crippen LogP contribution in [0.1, 0.15) is 39.5 Å². The minimum atomic E-state index is -0.180. The number of piperidine rings is 1. The van der Waals surface area contributed by atoms with E-state index in [4.69, 9.17) is 0 Å². The first-order chi connectivity index (χ1) is 9.63. The molecule has 114 valence electrons. The van der Waals surface area contributed by atoms with Gasteiger partial charge in [0.25, 0.3) is 0 Å². The molecule has 1 N–H and O–H groups in total. The number of rotatable bonds is 6. The normalized spacial score (nSPS) is 24.8. The fraction of sp³-hybridized carbons (Fsp3) is 0.867. The van der Waals surface area contributed by atoms with Gasteiger partial charge >= 0.3 is 0 Å². The largest absolute Gasteiger partial charge is 0.331 e. The summed E-state index contributed by atoms with van der Waals surface area (Å²) in [5.41, 5.74) is 0. The molecule has 2 heterocycles. The molecular formula is C15H27N3O2. The van der Waals surface area contributed by atoms with Crippen LogP contribution in [-0.4, -0.2) is 60.4 Å². The third-order valence-electron chi connectivity index (χ3n) is 4.20. The monoisotopic (exact) mass is 281 g/mol. The van der Waals surface area contributed by atoms with Gasteiger partial charge in [0.1, 0.15) is 6.04 Å². The predicted molar refractivity (Wildman–Crippen MR) is 78.3 cm³/mol. The summed E-state index contributed by atoms with van der Waals surface area (Å²) >= 11 is 0. The summed E-state index contributed by atoms with van der Waals surface area (Å²) in [6.45, 7) is 7.90. The predicted octanol–water partition coefficient (Wildman–Crippen LogP) is 0.845. The number of carbonyl (C=O) groups excluding carboxylic acids is 2. The highest BCUT2D eigenvalue weighted by atomic mass is 16.2. The van der Waals surface area contributed by atoms with Gasteiger partial charge in [-0.25, -0.2) is 0 Å². The Morgan fingerprint density at radius 2 is 2.15 bits per heavy atom. The number of amides is 2. The Kier molecular flexibility index (Phi) is 5.40. The topological polar surface area (TPSA) is 52.7 Å². The minimum absolute atomic E-state index is 0.128. The van der Waals surface area contributed by atoms with E-state index in [1.54, 1.807) is 9.80 Å². The van der Waals surface area contributed by atoms with Gasteiger partial charge in [-0.2, -0.15) is 0 Å². The van der Waals surface area contributed by atoms with E-state index in [1.807, 2.05) is 0 Å². The van der Waals surface area contributed by atoms with E-state index in [9.17, 15) is 9.59 Å². The number of nitrogens with zero attached hydrogens (tertiary/aromatic N) is 2. The molecule has 20 heavy (non-hydrogen) atoms. The zero-order valence-corrected chi connectivity index (χ0v) is 12.7. The summed E-state index contributed by atoms with van der Waals surface area (Å²) in [6.07, 6.45) is 4.04. The van der Waals surface area contributed by atoms with Crippen LogP contribution in [-0.2, 0) is 9.59 Å². The van der Waals surface area contributed by atoms with Crippen LogP contribution in [0.5, 0.6) is 0 Å². The van der Waals surface area contributed by atoms with Gasteiger partial charge in [0.05, 0.1) is 6.54 Å². The maximum absolute atomic E-state index is 12.5. The lowest BCUT2D eigenvalue weighted by molar-refractivity contribution is -0.158. The van der Waals surface area contributed by atoms with Crippen molar-refractivity contribution in [3.63, 3.8) is 0 Å². The Balaban J connectivity index is 1.88. The fourth-order valence-electron chi connectivity index (χ4n) is 3.15. The van der Waals surface area contributed by atoms with Crippen molar-refractivity contribution in [1.82, 2.24) is 15.1 Å². The van der Waals surface area contributed by atoms with Crippen LogP contribution in [0.3, 0.4) is 0 Å². The average Bonchev–Trinajstić information content (AvgIpc) is 2.45. The highest BCUT2D eigenvalue weighted by Gasteiger charge is 2.40. The Labute approximate surface area is 121 Å². The lowest BCUT2D eigenvalue weighted by atomic mass is 9.97. The maximum Gasteiger partial charge on any atom is 0.245 e. The smallest absolute Gasteiger partial charge is 0.245 e. The highest BCUT2D eigenvalue weighted by molar-refractivity contribution is 5.95. The summed E-state index contributed by atoms with van der Waals surface area (Å²) in [7, 11) is 0. The van der Waals surface area contributed by atoms with Gasteiger partial charge in [-0.15, -0.1) is 0 Å². The van der Waals surface area contributed by atoms with Crippen LogP contribution in [0.4, 0.5) is 0 Å². The van der Waals surface area contributed by atoms with Gasteiger partial charge in [0.15, 0.2) is 0 Å². The van der Waals surface area contributed by atoms with E-state index in [-0.39, 0.29) is 24.4 Å². The Morgan fingerprint density at radius 1 is 1.35 bits per heavy atom. The first kappa shape index (κ1) is 15.3. The molecule has 0 bridgehead atoms. The van der Waals surface area contributed by atoms with Gasteiger partial charge in [-0.1, -0.05) is 13.8 Å². The van der Waals surface area contributed by atoms with Crippen molar-refractivity contribution >= 4 is 11.8 Å². The standard InChI is InChI=1S/C15H27N3O2/c1-3-7-16-9-12(2)10-17-11-14(19)18-8-5-4-6-13(18)15(17)20/h12-13,16H,3-11H2,1-2H3. The second kappa shape index (κ2) is 7.07. The van der Waals surface area contributed by atoms with Crippen LogP contribution in [0.15, 0.2) is 0 Å². The second-order valence-electron chi connectivity index (χ2n) is 6.13. The molecule has 0 radical (unpaired) electrons. The van der Waals surface area contributed by atoms with E-state index in [2.05, 4.69) is 19.2 Å². The van der Waals surface area contributed by atoms with Crippen LogP contribution >= 0.6 is 0 Å². The number of hydrogen-bond acceptors (Lipinski definition) is 3. The van der Waals surface area contributed by atoms with E-state index in [1.165, 1.54) is 0 Å². The zero-order valence-electron chi connectivity index (χ0n) is 12.7. The number of nitrogens with one attached hydrogen (secondary N) is 1. The van der Waals surface area contributed by atoms with E-state index in [0.29, 0.717) is 12.5 Å². The molecule has 0 aromatic carbocycles. The second-order valence-corrected chi connectivity index (χ2v) is 6.13. The third-order valence-corrected chi connectivity index (χ3v) is 4.20. The number of carbonyl (C=O) groups is 2. The maximum atomic E-state index is 12.5. The van der Waals surface area contributed by atoms with Gasteiger partial charge < -0.3 is 15.1 Å². The van der Waals surface area contributed by atoms with Crippen molar-refractivity contribution in [2.75, 3.05) is 32.7 Å². The molecule has 2 fully saturated rings. The molecule has 2 unspecified atom stereocenters. The molecule has 5 nitrogen and oxygen atoms in total. The van der Waals surface area contributed by atoms with E-state index >= 15 is 0 Å². The van der Waals surface area contributed by atoms with Crippen molar-refractivity contribution in [3.05, 3.63) is 0 Å². The molecule has 0 saturated carbocycles. The number of hydrogen-bond donors (Lipinski definition) is 1. The van der Waals surface area contributed by atoms with Crippen molar-refractivity contribution in [2.45, 2.75) is 45.6 Å². The molecule has 2 aliphatic rings. The molecule has 2 amide bonds. The van der Waals surface area contributed by atoms with Gasteiger partial charge in [0, 0.05) is 13.1 Å². The molecule has 2 aliphatic heterocycles. The Hall–Kier alpha value is -1.10. The summed E-state index contributed by atoms with van der Waals surface area (Å²) in [5.74, 6) is 0.670. The molecule has 0 aromatic rings. The summed E-state index contributed by atoms with van der Waals surface area (Å²) in [6, 6.07) is -0.180. The molecule has 2 saturated heterocycles. The zero-order chi connectivity index (χ0) is 14.5. The Morgan fingerprint density at radius 3 is 2.90 bits per heavy atom. The molecular weight excluding hydrogens is 254 g/mol. The van der Waals surface area contributed by atoms with Crippen LogP contribution in [0.25, 0.3) is 0 Å². The molecule has 5 heteroatoms. The van der Waals surface area contributed by atoms with Crippen LogP contribution in [0, 0.1) is 5.92 Å². The molecule has 2 atom stereocenters. The summed E-state index contributed by atoms with van der Waals surface area (Å²) in [4.78, 5) is 28.2. The molecule has 0 aromatic heterocycles. The first-order valence-electron chi connectivity index (χ1n) is 7.92. The van der Waals surface area contributed by atoms with Crippen molar-refractivity contribution in [3.8, 4) is 0 Å². The van der Waals surface area contributed by atoms with Gasteiger partial charge in [-0.05, 0) is 44.7 Å². The van der Waals surface area contributed by atoms with Crippen molar-refractivity contribution in [2.24, 2.45) is 5.92 Å². The number of fused-ring (bicyclic) bond motifs is 1. The first-order valence-corrected chi connectivity index (χ1v) is 7.92. The highest BCUT2D eigenvalue weighted by Crippen LogP contribution is 2.23. The Bertz CT molecular complexity index is 359. The third kappa shape index (κ3) is 3.51. The molecule has 0 aliphatic carbocycles. The van der Waals surface area contributed by atoms with Crippen LogP contribution < -0.4 is 5.32 Å². The number of piperazine rings is 1. The molecule has 2 rings (SSSR count). The van der Waals surface area contributed by atoms with Crippen molar-refractivity contribution < 1.29 is 9.59 Å². The average molecular weight is 281 g/mol. The van der Waals surface area contributed by atoms with Crippen LogP contribution in [0.2, 0.25) is 0 Å². The van der Waals surface area contributed by atoms with Gasteiger partial charge in [-0.3, -0.25) is 9.59 Å². The van der Waals surface area contributed by atoms with Crippen molar-refractivity contribution in [1.29, 1.82) is 0 Å². The lowest BCUT2D eigenvalue weighted by Crippen LogP contribution is -2.61. The summed E-state index contributed by atoms with van der Waals surface area (Å²) in [5, 5.41) is 3.37. The molecule has 0 spiro atoms. The SMILES string of the molecule is CCCNCC(C)CN1CC(=O)N2CCCCC2C1=O. The summed E-state index contributed by atoms with van der Waals surface area (Å²) < 4.78 is 0. The van der Waals surface area contributed by atoms with E-state index < -0.39 is 0 Å². The lowest BCUT2D eigenvalue weighted by Gasteiger charge is -2.43.